The number of aromatic nitrogens is 1. The van der Waals surface area contributed by atoms with Gasteiger partial charge < -0.3 is 4.74 Å². The maximum Gasteiger partial charge on any atom is 0.174 e. The van der Waals surface area contributed by atoms with E-state index in [9.17, 15) is 4.79 Å². The number of carbonyl (C=O) groups excluding carboxylic acids is 1. The lowest BCUT2D eigenvalue weighted by Crippen LogP contribution is -2.08. The number of carbonyl (C=O) groups is 1. The van der Waals surface area contributed by atoms with E-state index in [1.807, 2.05) is 37.3 Å². The standard InChI is InChI=1S/C16H17NO2S/c1-2-19-14(11-7-4-3-5-8-11)16-17-12-9-6-10-13(18)15(12)20-16/h3-5,7-8,14H,2,6,9-10H2,1H3. The molecule has 0 bridgehead atoms. The van der Waals surface area contributed by atoms with E-state index in [4.69, 9.17) is 4.74 Å². The third-order valence-corrected chi connectivity index (χ3v) is 4.63. The van der Waals surface area contributed by atoms with Gasteiger partial charge in [-0.15, -0.1) is 11.3 Å². The van der Waals surface area contributed by atoms with E-state index < -0.39 is 0 Å². The van der Waals surface area contributed by atoms with E-state index >= 15 is 0 Å². The third kappa shape index (κ3) is 2.53. The number of ketones is 1. The van der Waals surface area contributed by atoms with Gasteiger partial charge in [0, 0.05) is 13.0 Å². The van der Waals surface area contributed by atoms with Crippen LogP contribution in [0.4, 0.5) is 0 Å². The molecule has 2 aromatic rings. The second-order valence-corrected chi connectivity index (χ2v) is 5.88. The molecule has 0 saturated heterocycles. The molecule has 1 aliphatic carbocycles. The van der Waals surface area contributed by atoms with Gasteiger partial charge in [-0.05, 0) is 25.3 Å². The van der Waals surface area contributed by atoms with Crippen molar-refractivity contribution in [1.82, 2.24) is 4.98 Å². The molecule has 1 aromatic carbocycles. The number of aryl methyl sites for hydroxylation is 1. The summed E-state index contributed by atoms with van der Waals surface area (Å²) in [6, 6.07) is 10.1. The Balaban J connectivity index is 1.98. The molecular formula is C16H17NO2S. The van der Waals surface area contributed by atoms with Gasteiger partial charge in [0.05, 0.1) is 10.6 Å². The Morgan fingerprint density at radius 1 is 1.30 bits per heavy atom. The van der Waals surface area contributed by atoms with E-state index in [1.54, 1.807) is 0 Å². The highest BCUT2D eigenvalue weighted by molar-refractivity contribution is 7.14. The van der Waals surface area contributed by atoms with Crippen molar-refractivity contribution in [3.8, 4) is 0 Å². The minimum absolute atomic E-state index is 0.162. The molecule has 1 aromatic heterocycles. The molecule has 0 amide bonds. The van der Waals surface area contributed by atoms with E-state index in [-0.39, 0.29) is 11.9 Å². The van der Waals surface area contributed by atoms with Gasteiger partial charge >= 0.3 is 0 Å². The van der Waals surface area contributed by atoms with Gasteiger partial charge in [-0.2, -0.15) is 0 Å². The van der Waals surface area contributed by atoms with Gasteiger partial charge in [-0.3, -0.25) is 4.79 Å². The number of nitrogens with zero attached hydrogens (tertiary/aromatic N) is 1. The van der Waals surface area contributed by atoms with Gasteiger partial charge in [-0.1, -0.05) is 30.3 Å². The number of Topliss-reactive ketones (excluding diaryl/α,β-unsaturated/α-hetero) is 1. The smallest absolute Gasteiger partial charge is 0.174 e. The van der Waals surface area contributed by atoms with Crippen molar-refractivity contribution in [3.05, 3.63) is 51.5 Å². The van der Waals surface area contributed by atoms with Crippen LogP contribution in [0.25, 0.3) is 0 Å². The molecule has 0 N–H and O–H groups in total. The van der Waals surface area contributed by atoms with Crippen LogP contribution >= 0.6 is 11.3 Å². The molecule has 0 saturated carbocycles. The summed E-state index contributed by atoms with van der Waals surface area (Å²) in [5.41, 5.74) is 2.05. The predicted octanol–water partition coefficient (Wildman–Crippen LogP) is 3.79. The zero-order valence-corrected chi connectivity index (χ0v) is 12.3. The third-order valence-electron chi connectivity index (χ3n) is 3.44. The summed E-state index contributed by atoms with van der Waals surface area (Å²) in [5.74, 6) is 0.235. The minimum atomic E-state index is -0.162. The van der Waals surface area contributed by atoms with Gasteiger partial charge in [0.1, 0.15) is 11.1 Å². The lowest BCUT2D eigenvalue weighted by atomic mass is 10.0. The molecule has 4 heteroatoms. The largest absolute Gasteiger partial charge is 0.367 e. The summed E-state index contributed by atoms with van der Waals surface area (Å²) in [7, 11) is 0. The molecule has 0 fully saturated rings. The fourth-order valence-electron chi connectivity index (χ4n) is 2.50. The van der Waals surface area contributed by atoms with Crippen LogP contribution in [0.3, 0.4) is 0 Å². The SMILES string of the molecule is CCOC(c1ccccc1)c1nc2c(s1)C(=O)CCC2. The monoisotopic (exact) mass is 287 g/mol. The fraction of sp³-hybridized carbons (Fsp3) is 0.375. The molecule has 20 heavy (non-hydrogen) atoms. The number of ether oxygens (including phenoxy) is 1. The molecule has 1 unspecified atom stereocenters. The van der Waals surface area contributed by atoms with Crippen molar-refractivity contribution in [1.29, 1.82) is 0 Å². The average Bonchev–Trinajstić information content (AvgIpc) is 2.91. The van der Waals surface area contributed by atoms with E-state index in [2.05, 4.69) is 4.98 Å². The molecule has 0 radical (unpaired) electrons. The van der Waals surface area contributed by atoms with Crippen LogP contribution in [0.5, 0.6) is 0 Å². The van der Waals surface area contributed by atoms with Crippen molar-refractivity contribution >= 4 is 17.1 Å². The zero-order chi connectivity index (χ0) is 13.9. The molecule has 1 atom stereocenters. The maximum atomic E-state index is 11.9. The Labute approximate surface area is 122 Å². The number of thiazole rings is 1. The highest BCUT2D eigenvalue weighted by Gasteiger charge is 2.26. The average molecular weight is 287 g/mol. The molecule has 3 nitrogen and oxygen atoms in total. The molecule has 104 valence electrons. The first kappa shape index (κ1) is 13.5. The number of hydrogen-bond acceptors (Lipinski definition) is 4. The number of fused-ring (bicyclic) bond motifs is 1. The summed E-state index contributed by atoms with van der Waals surface area (Å²) >= 11 is 1.50. The van der Waals surface area contributed by atoms with Crippen molar-refractivity contribution in [2.45, 2.75) is 32.3 Å². The van der Waals surface area contributed by atoms with Crippen LogP contribution < -0.4 is 0 Å². The summed E-state index contributed by atoms with van der Waals surface area (Å²) in [6.07, 6.45) is 2.31. The van der Waals surface area contributed by atoms with Crippen molar-refractivity contribution in [3.63, 3.8) is 0 Å². The van der Waals surface area contributed by atoms with Crippen LogP contribution in [0.1, 0.15) is 51.8 Å². The first-order valence-electron chi connectivity index (χ1n) is 6.99. The number of rotatable bonds is 4. The van der Waals surface area contributed by atoms with Crippen LogP contribution in [-0.2, 0) is 11.2 Å². The second-order valence-electron chi connectivity index (χ2n) is 4.85. The molecule has 1 heterocycles. The highest BCUT2D eigenvalue weighted by Crippen LogP contribution is 2.34. The van der Waals surface area contributed by atoms with Gasteiger partial charge in [0.2, 0.25) is 0 Å². The Kier molecular flexibility index (Phi) is 3.94. The van der Waals surface area contributed by atoms with Crippen LogP contribution in [0.15, 0.2) is 30.3 Å². The van der Waals surface area contributed by atoms with Gasteiger partial charge in [-0.25, -0.2) is 4.98 Å². The van der Waals surface area contributed by atoms with E-state index in [0.29, 0.717) is 13.0 Å². The summed E-state index contributed by atoms with van der Waals surface area (Å²) in [6.45, 7) is 2.60. The Morgan fingerprint density at radius 2 is 2.10 bits per heavy atom. The predicted molar refractivity (Wildman–Crippen MR) is 79.3 cm³/mol. The minimum Gasteiger partial charge on any atom is -0.367 e. The number of hydrogen-bond donors (Lipinski definition) is 0. The zero-order valence-electron chi connectivity index (χ0n) is 11.5. The summed E-state index contributed by atoms with van der Waals surface area (Å²) in [5, 5.41) is 0.901. The van der Waals surface area contributed by atoms with Gasteiger partial charge in [0.15, 0.2) is 5.78 Å². The molecule has 0 aliphatic heterocycles. The molecule has 0 spiro atoms. The molecule has 3 rings (SSSR count). The first-order chi connectivity index (χ1) is 9.79. The van der Waals surface area contributed by atoms with Crippen molar-refractivity contribution in [2.75, 3.05) is 6.61 Å². The fourth-order valence-corrected chi connectivity index (χ4v) is 3.66. The van der Waals surface area contributed by atoms with Crippen LogP contribution in [0, 0.1) is 0 Å². The van der Waals surface area contributed by atoms with Gasteiger partial charge in [0.25, 0.3) is 0 Å². The summed E-state index contributed by atoms with van der Waals surface area (Å²) in [4.78, 5) is 17.5. The normalized spacial score (nSPS) is 15.9. The lowest BCUT2D eigenvalue weighted by Gasteiger charge is -2.14. The number of benzene rings is 1. The van der Waals surface area contributed by atoms with Crippen LogP contribution in [0.2, 0.25) is 0 Å². The quantitative estimate of drug-likeness (QED) is 0.859. The molecule has 1 aliphatic rings. The first-order valence-corrected chi connectivity index (χ1v) is 7.80. The van der Waals surface area contributed by atoms with Crippen molar-refractivity contribution in [2.24, 2.45) is 0 Å². The highest BCUT2D eigenvalue weighted by atomic mass is 32.1. The summed E-state index contributed by atoms with van der Waals surface area (Å²) < 4.78 is 5.86. The lowest BCUT2D eigenvalue weighted by molar-refractivity contribution is 0.0910. The van der Waals surface area contributed by atoms with Crippen LogP contribution in [-0.4, -0.2) is 17.4 Å². The Hall–Kier alpha value is -1.52. The second kappa shape index (κ2) is 5.85. The van der Waals surface area contributed by atoms with E-state index in [0.717, 1.165) is 34.0 Å². The Bertz CT molecular complexity index is 606. The van der Waals surface area contributed by atoms with E-state index in [1.165, 1.54) is 11.3 Å². The van der Waals surface area contributed by atoms with Crippen molar-refractivity contribution < 1.29 is 9.53 Å². The topological polar surface area (TPSA) is 39.2 Å². The Morgan fingerprint density at radius 3 is 2.80 bits per heavy atom. The molecular weight excluding hydrogens is 270 g/mol. The maximum absolute atomic E-state index is 11.9.